The molecule has 0 aromatic heterocycles. The van der Waals surface area contributed by atoms with E-state index in [9.17, 15) is 13.5 Å². The Morgan fingerprint density at radius 2 is 1.88 bits per heavy atom. The van der Waals surface area contributed by atoms with Crippen LogP contribution in [0.5, 0.6) is 5.75 Å². The van der Waals surface area contributed by atoms with E-state index in [1.54, 1.807) is 19.1 Å². The van der Waals surface area contributed by atoms with Crippen molar-refractivity contribution in [2.45, 2.75) is 27.7 Å². The summed E-state index contributed by atoms with van der Waals surface area (Å²) in [5.41, 5.74) is 0.822. The number of aromatic hydroxyl groups is 1. The van der Waals surface area contributed by atoms with Gasteiger partial charge in [0.15, 0.2) is 0 Å². The molecule has 0 fully saturated rings. The highest BCUT2D eigenvalue weighted by atomic mass is 32.2. The van der Waals surface area contributed by atoms with Crippen molar-refractivity contribution in [1.82, 2.24) is 0 Å². The summed E-state index contributed by atoms with van der Waals surface area (Å²) in [5.74, 6) is 0.212. The van der Waals surface area contributed by atoms with Gasteiger partial charge in [0.05, 0.1) is 5.75 Å². The Bertz CT molecular complexity index is 501. The summed E-state index contributed by atoms with van der Waals surface area (Å²) in [7, 11) is -3.35. The Morgan fingerprint density at radius 1 is 1.29 bits per heavy atom. The molecule has 0 aliphatic carbocycles. The van der Waals surface area contributed by atoms with Crippen LogP contribution >= 0.6 is 0 Å². The standard InChI is InChI=1S/C12H19NO3S/c1-9-7-10(5-6-11(9)14)13-17(15,16)8-12(2,3)4/h5-7,13-14H,8H2,1-4H3. The first-order valence-electron chi connectivity index (χ1n) is 5.39. The molecule has 5 heteroatoms. The van der Waals surface area contributed by atoms with Crippen LogP contribution in [-0.2, 0) is 10.0 Å². The quantitative estimate of drug-likeness (QED) is 0.817. The van der Waals surface area contributed by atoms with E-state index < -0.39 is 10.0 Å². The third-order valence-electron chi connectivity index (χ3n) is 2.09. The smallest absolute Gasteiger partial charge is 0.233 e. The Balaban J connectivity index is 2.87. The van der Waals surface area contributed by atoms with Gasteiger partial charge in [-0.2, -0.15) is 0 Å². The number of rotatable bonds is 3. The average Bonchev–Trinajstić information content (AvgIpc) is 2.06. The third kappa shape index (κ3) is 4.65. The molecule has 0 aliphatic rings. The van der Waals surface area contributed by atoms with Gasteiger partial charge in [0.1, 0.15) is 5.75 Å². The van der Waals surface area contributed by atoms with E-state index in [1.165, 1.54) is 6.07 Å². The minimum atomic E-state index is -3.35. The molecule has 1 aromatic rings. The van der Waals surface area contributed by atoms with Crippen LogP contribution in [0.2, 0.25) is 0 Å². The molecule has 0 bridgehead atoms. The molecule has 0 saturated heterocycles. The number of phenols is 1. The first-order chi connectivity index (χ1) is 7.59. The largest absolute Gasteiger partial charge is 0.508 e. The first kappa shape index (κ1) is 13.8. The lowest BCUT2D eigenvalue weighted by Gasteiger charge is -2.19. The monoisotopic (exact) mass is 257 g/mol. The predicted molar refractivity (Wildman–Crippen MR) is 69.7 cm³/mol. The normalized spacial score (nSPS) is 12.5. The average molecular weight is 257 g/mol. The number of hydrogen-bond donors (Lipinski definition) is 2. The highest BCUT2D eigenvalue weighted by Gasteiger charge is 2.21. The molecule has 0 radical (unpaired) electrons. The van der Waals surface area contributed by atoms with Crippen LogP contribution in [0, 0.1) is 12.3 Å². The van der Waals surface area contributed by atoms with Gasteiger partial charge in [0, 0.05) is 5.69 Å². The molecule has 1 rings (SSSR count). The van der Waals surface area contributed by atoms with Crippen LogP contribution in [0.25, 0.3) is 0 Å². The summed E-state index contributed by atoms with van der Waals surface area (Å²) in [6.45, 7) is 7.33. The van der Waals surface area contributed by atoms with Crippen molar-refractivity contribution < 1.29 is 13.5 Å². The Morgan fingerprint density at radius 3 is 2.35 bits per heavy atom. The van der Waals surface area contributed by atoms with Crippen LogP contribution in [0.3, 0.4) is 0 Å². The fourth-order valence-electron chi connectivity index (χ4n) is 1.50. The molecule has 0 amide bonds. The van der Waals surface area contributed by atoms with Gasteiger partial charge in [-0.05, 0) is 36.1 Å². The molecule has 0 spiro atoms. The van der Waals surface area contributed by atoms with Crippen LogP contribution < -0.4 is 4.72 Å². The van der Waals surface area contributed by atoms with Crippen molar-refractivity contribution in [3.05, 3.63) is 23.8 Å². The summed E-state index contributed by atoms with van der Waals surface area (Å²) in [6, 6.07) is 4.63. The zero-order valence-corrected chi connectivity index (χ0v) is 11.4. The minimum Gasteiger partial charge on any atom is -0.508 e. The second-order valence-corrected chi connectivity index (χ2v) is 7.15. The lowest BCUT2D eigenvalue weighted by atomic mass is 10.0. The van der Waals surface area contributed by atoms with E-state index in [1.807, 2.05) is 20.8 Å². The Hall–Kier alpha value is -1.23. The number of sulfonamides is 1. The number of anilines is 1. The predicted octanol–water partition coefficient (Wildman–Crippen LogP) is 2.49. The zero-order chi connectivity index (χ0) is 13.3. The van der Waals surface area contributed by atoms with Crippen LogP contribution in [-0.4, -0.2) is 19.3 Å². The molecule has 0 saturated carbocycles. The van der Waals surface area contributed by atoms with E-state index in [0.29, 0.717) is 11.3 Å². The van der Waals surface area contributed by atoms with Gasteiger partial charge >= 0.3 is 0 Å². The molecule has 4 nitrogen and oxygen atoms in total. The van der Waals surface area contributed by atoms with Gasteiger partial charge in [0.25, 0.3) is 0 Å². The topological polar surface area (TPSA) is 66.4 Å². The second kappa shape index (κ2) is 4.56. The van der Waals surface area contributed by atoms with Crippen molar-refractivity contribution in [2.24, 2.45) is 5.41 Å². The van der Waals surface area contributed by atoms with E-state index in [4.69, 9.17) is 0 Å². The Kier molecular flexibility index (Phi) is 3.71. The van der Waals surface area contributed by atoms with E-state index in [-0.39, 0.29) is 16.9 Å². The molecule has 0 aliphatic heterocycles. The lowest BCUT2D eigenvalue weighted by Crippen LogP contribution is -2.26. The van der Waals surface area contributed by atoms with Gasteiger partial charge in [-0.3, -0.25) is 4.72 Å². The van der Waals surface area contributed by atoms with Crippen LogP contribution in [0.1, 0.15) is 26.3 Å². The van der Waals surface area contributed by atoms with Crippen LogP contribution in [0.15, 0.2) is 18.2 Å². The number of benzene rings is 1. The van der Waals surface area contributed by atoms with Crippen LogP contribution in [0.4, 0.5) is 5.69 Å². The highest BCUT2D eigenvalue weighted by molar-refractivity contribution is 7.92. The number of nitrogens with one attached hydrogen (secondary N) is 1. The molecular weight excluding hydrogens is 238 g/mol. The Labute approximate surface area is 103 Å². The van der Waals surface area contributed by atoms with E-state index in [2.05, 4.69) is 4.72 Å². The highest BCUT2D eigenvalue weighted by Crippen LogP contribution is 2.22. The minimum absolute atomic E-state index is 0.0555. The lowest BCUT2D eigenvalue weighted by molar-refractivity contribution is 0.463. The molecule has 2 N–H and O–H groups in total. The molecule has 0 unspecified atom stereocenters. The fourth-order valence-corrected chi connectivity index (χ4v) is 3.20. The molecule has 0 heterocycles. The molecular formula is C12H19NO3S. The van der Waals surface area contributed by atoms with Crippen molar-refractivity contribution in [2.75, 3.05) is 10.5 Å². The summed E-state index contributed by atoms with van der Waals surface area (Å²) in [5, 5.41) is 9.35. The van der Waals surface area contributed by atoms with Crippen molar-refractivity contribution in [3.8, 4) is 5.75 Å². The second-order valence-electron chi connectivity index (χ2n) is 5.42. The number of aryl methyl sites for hydroxylation is 1. The maximum atomic E-state index is 11.8. The third-order valence-corrected chi connectivity index (χ3v) is 3.89. The van der Waals surface area contributed by atoms with Gasteiger partial charge in [0.2, 0.25) is 10.0 Å². The maximum absolute atomic E-state index is 11.8. The van der Waals surface area contributed by atoms with Crippen molar-refractivity contribution in [3.63, 3.8) is 0 Å². The molecule has 96 valence electrons. The summed E-state index contributed by atoms with van der Waals surface area (Å²) >= 11 is 0. The fraction of sp³-hybridized carbons (Fsp3) is 0.500. The van der Waals surface area contributed by atoms with E-state index in [0.717, 1.165) is 0 Å². The van der Waals surface area contributed by atoms with Gasteiger partial charge in [-0.1, -0.05) is 20.8 Å². The van der Waals surface area contributed by atoms with Crippen molar-refractivity contribution >= 4 is 15.7 Å². The maximum Gasteiger partial charge on any atom is 0.233 e. The summed E-state index contributed by atoms with van der Waals surface area (Å²) in [4.78, 5) is 0. The zero-order valence-electron chi connectivity index (χ0n) is 10.6. The number of phenolic OH excluding ortho intramolecular Hbond substituents is 1. The van der Waals surface area contributed by atoms with Gasteiger partial charge in [-0.25, -0.2) is 8.42 Å². The molecule has 1 aromatic carbocycles. The van der Waals surface area contributed by atoms with Gasteiger partial charge in [-0.15, -0.1) is 0 Å². The molecule has 0 atom stereocenters. The first-order valence-corrected chi connectivity index (χ1v) is 7.04. The van der Waals surface area contributed by atoms with Crippen molar-refractivity contribution in [1.29, 1.82) is 0 Å². The molecule has 17 heavy (non-hydrogen) atoms. The number of hydrogen-bond acceptors (Lipinski definition) is 3. The van der Waals surface area contributed by atoms with E-state index >= 15 is 0 Å². The van der Waals surface area contributed by atoms with Gasteiger partial charge < -0.3 is 5.11 Å². The summed E-state index contributed by atoms with van der Waals surface area (Å²) < 4.78 is 26.2. The SMILES string of the molecule is Cc1cc(NS(=O)(=O)CC(C)(C)C)ccc1O. The summed E-state index contributed by atoms with van der Waals surface area (Å²) in [6.07, 6.45) is 0.